The molecule has 2 heterocycles. The Hall–Kier alpha value is -0.770. The zero-order valence-corrected chi connectivity index (χ0v) is 10.4. The number of nitrogens with zero attached hydrogens (tertiary/aromatic N) is 1. The highest BCUT2D eigenvalue weighted by Gasteiger charge is 2.47. The van der Waals surface area contributed by atoms with E-state index >= 15 is 0 Å². The minimum atomic E-state index is -0.397. The number of piperidine rings is 2. The predicted octanol–water partition coefficient (Wildman–Crippen LogP) is 1.45. The fraction of sp³-hybridized carbons (Fsp3) is 0.917. The van der Waals surface area contributed by atoms with Crippen LogP contribution in [0.15, 0.2) is 0 Å². The molecular weight excluding hydrogens is 204 g/mol. The van der Waals surface area contributed by atoms with Gasteiger partial charge in [-0.2, -0.15) is 0 Å². The lowest BCUT2D eigenvalue weighted by Gasteiger charge is -2.53. The van der Waals surface area contributed by atoms with Crippen molar-refractivity contribution in [2.75, 3.05) is 19.6 Å². The number of hydrogen-bond acceptors (Lipinski definition) is 3. The Labute approximate surface area is 97.1 Å². The number of hydrogen-bond donors (Lipinski definition) is 1. The molecule has 3 rings (SSSR count). The van der Waals surface area contributed by atoms with E-state index in [1.54, 1.807) is 0 Å². The molecule has 0 aromatic carbocycles. The van der Waals surface area contributed by atoms with Crippen LogP contribution in [0.1, 0.15) is 27.2 Å². The van der Waals surface area contributed by atoms with Crippen molar-refractivity contribution in [1.82, 2.24) is 4.90 Å². The first-order chi connectivity index (χ1) is 7.40. The monoisotopic (exact) mass is 226 g/mol. The second kappa shape index (κ2) is 3.91. The fourth-order valence-electron chi connectivity index (χ4n) is 2.85. The van der Waals surface area contributed by atoms with E-state index in [1.807, 2.05) is 25.7 Å². The summed E-state index contributed by atoms with van der Waals surface area (Å²) < 4.78 is 5.37. The van der Waals surface area contributed by atoms with Crippen LogP contribution in [0.25, 0.3) is 0 Å². The molecule has 2 saturated heterocycles. The van der Waals surface area contributed by atoms with Crippen LogP contribution in [0.4, 0.5) is 4.79 Å². The fourth-order valence-corrected chi connectivity index (χ4v) is 2.85. The summed E-state index contributed by atoms with van der Waals surface area (Å²) in [5.74, 6) is 1.85. The lowest BCUT2D eigenvalue weighted by molar-refractivity contribution is -0.0506. The Morgan fingerprint density at radius 1 is 1.38 bits per heavy atom. The van der Waals surface area contributed by atoms with Crippen LogP contribution in [0, 0.1) is 17.8 Å². The first-order valence-electron chi connectivity index (χ1n) is 6.08. The van der Waals surface area contributed by atoms with Crippen LogP contribution in [-0.2, 0) is 4.74 Å². The highest BCUT2D eigenvalue weighted by atomic mass is 16.6. The maximum atomic E-state index is 11.8. The van der Waals surface area contributed by atoms with E-state index in [4.69, 9.17) is 10.5 Å². The Morgan fingerprint density at radius 2 is 1.94 bits per heavy atom. The summed E-state index contributed by atoms with van der Waals surface area (Å²) in [7, 11) is 0. The smallest absolute Gasteiger partial charge is 0.410 e. The summed E-state index contributed by atoms with van der Waals surface area (Å²) in [6, 6.07) is 0. The zero-order valence-electron chi connectivity index (χ0n) is 10.4. The van der Waals surface area contributed by atoms with Gasteiger partial charge in [0.15, 0.2) is 0 Å². The van der Waals surface area contributed by atoms with Crippen molar-refractivity contribution in [3.63, 3.8) is 0 Å². The lowest BCUT2D eigenvalue weighted by Crippen LogP contribution is -2.59. The molecule has 4 heteroatoms. The minimum Gasteiger partial charge on any atom is -0.444 e. The number of ether oxygens (including phenoxy) is 1. The Morgan fingerprint density at radius 3 is 2.38 bits per heavy atom. The molecule has 2 aliphatic heterocycles. The van der Waals surface area contributed by atoms with Gasteiger partial charge in [0.2, 0.25) is 0 Å². The topological polar surface area (TPSA) is 55.6 Å². The maximum absolute atomic E-state index is 11.8. The van der Waals surface area contributed by atoms with Gasteiger partial charge in [0.25, 0.3) is 0 Å². The van der Waals surface area contributed by atoms with E-state index in [-0.39, 0.29) is 6.09 Å². The van der Waals surface area contributed by atoms with Crippen LogP contribution in [0.2, 0.25) is 0 Å². The molecule has 0 spiro atoms. The predicted molar refractivity (Wildman–Crippen MR) is 61.9 cm³/mol. The third kappa shape index (κ3) is 2.17. The van der Waals surface area contributed by atoms with Gasteiger partial charge in [-0.3, -0.25) is 0 Å². The number of amides is 1. The second-order valence-electron chi connectivity index (χ2n) is 6.04. The van der Waals surface area contributed by atoms with Crippen molar-refractivity contribution in [3.8, 4) is 0 Å². The number of nitrogens with two attached hydrogens (primary N) is 1. The molecule has 3 fully saturated rings. The standard InChI is InChI=1S/C12H22N2O2/c1-12(2,3)16-11(15)14-6-8-4-9(7-14)10(8)5-13/h8-10H,4-7,13H2,1-3H3/t8-,9-/m0/s1. The van der Waals surface area contributed by atoms with Crippen molar-refractivity contribution in [1.29, 1.82) is 0 Å². The minimum absolute atomic E-state index is 0.169. The molecule has 1 aliphatic carbocycles. The van der Waals surface area contributed by atoms with Crippen molar-refractivity contribution in [2.24, 2.45) is 23.5 Å². The normalized spacial score (nSPS) is 33.2. The van der Waals surface area contributed by atoms with Crippen LogP contribution in [0.5, 0.6) is 0 Å². The summed E-state index contributed by atoms with van der Waals surface area (Å²) in [5, 5.41) is 0. The molecule has 0 unspecified atom stereocenters. The molecular formula is C12H22N2O2. The summed E-state index contributed by atoms with van der Waals surface area (Å²) >= 11 is 0. The van der Waals surface area contributed by atoms with E-state index < -0.39 is 5.60 Å². The second-order valence-corrected chi connectivity index (χ2v) is 6.04. The summed E-state index contributed by atoms with van der Waals surface area (Å²) in [6.07, 6.45) is 1.07. The van der Waals surface area contributed by atoms with Crippen LogP contribution < -0.4 is 5.73 Å². The van der Waals surface area contributed by atoms with Crippen molar-refractivity contribution in [2.45, 2.75) is 32.8 Å². The molecule has 16 heavy (non-hydrogen) atoms. The van der Waals surface area contributed by atoms with Gasteiger partial charge in [-0.25, -0.2) is 4.79 Å². The highest BCUT2D eigenvalue weighted by molar-refractivity contribution is 5.68. The molecule has 92 valence electrons. The average molecular weight is 226 g/mol. The molecule has 0 radical (unpaired) electrons. The number of carbonyl (C=O) groups excluding carboxylic acids is 1. The molecule has 1 amide bonds. The van der Waals surface area contributed by atoms with Gasteiger partial charge in [0.05, 0.1) is 0 Å². The van der Waals surface area contributed by atoms with Crippen molar-refractivity contribution < 1.29 is 9.53 Å². The SMILES string of the molecule is CC(C)(C)OC(=O)N1C[C@@H]2C[C@@H](C1)C2CN. The molecule has 0 aromatic rings. The zero-order chi connectivity index (χ0) is 11.9. The Kier molecular flexibility index (Phi) is 2.86. The Bertz CT molecular complexity index is 273. The third-order valence-corrected chi connectivity index (χ3v) is 3.65. The summed E-state index contributed by atoms with van der Waals surface area (Å²) in [6.45, 7) is 8.12. The first-order valence-corrected chi connectivity index (χ1v) is 6.08. The number of rotatable bonds is 1. The molecule has 4 nitrogen and oxygen atoms in total. The van der Waals surface area contributed by atoms with Gasteiger partial charge >= 0.3 is 6.09 Å². The maximum Gasteiger partial charge on any atom is 0.410 e. The number of fused-ring (bicyclic) bond motifs is 2. The van der Waals surface area contributed by atoms with E-state index in [9.17, 15) is 4.79 Å². The van der Waals surface area contributed by atoms with Gasteiger partial charge in [-0.05, 0) is 51.5 Å². The molecule has 0 aromatic heterocycles. The van der Waals surface area contributed by atoms with Crippen LogP contribution in [0.3, 0.4) is 0 Å². The van der Waals surface area contributed by atoms with Gasteiger partial charge in [-0.15, -0.1) is 0 Å². The molecule has 1 saturated carbocycles. The van der Waals surface area contributed by atoms with Gasteiger partial charge in [0.1, 0.15) is 5.60 Å². The molecule has 2 N–H and O–H groups in total. The van der Waals surface area contributed by atoms with E-state index in [0.717, 1.165) is 19.6 Å². The van der Waals surface area contributed by atoms with Crippen molar-refractivity contribution >= 4 is 6.09 Å². The quantitative estimate of drug-likeness (QED) is 0.736. The molecule has 3 aliphatic rings. The highest BCUT2D eigenvalue weighted by Crippen LogP contribution is 2.44. The third-order valence-electron chi connectivity index (χ3n) is 3.65. The largest absolute Gasteiger partial charge is 0.444 e. The van der Waals surface area contributed by atoms with Gasteiger partial charge < -0.3 is 15.4 Å². The lowest BCUT2D eigenvalue weighted by atomic mass is 9.62. The molecule has 2 bridgehead atoms. The van der Waals surface area contributed by atoms with E-state index in [2.05, 4.69) is 0 Å². The molecule has 2 atom stereocenters. The van der Waals surface area contributed by atoms with Crippen molar-refractivity contribution in [3.05, 3.63) is 0 Å². The van der Waals surface area contributed by atoms with Gasteiger partial charge in [0, 0.05) is 13.1 Å². The first kappa shape index (κ1) is 11.7. The van der Waals surface area contributed by atoms with E-state index in [1.165, 1.54) is 6.42 Å². The average Bonchev–Trinajstić information content (AvgIpc) is 2.16. The Balaban J connectivity index is 1.88. The van der Waals surface area contributed by atoms with Gasteiger partial charge in [-0.1, -0.05) is 0 Å². The summed E-state index contributed by atoms with van der Waals surface area (Å²) in [5.41, 5.74) is 5.32. The van der Waals surface area contributed by atoms with Crippen LogP contribution in [-0.4, -0.2) is 36.2 Å². The van der Waals surface area contributed by atoms with E-state index in [0.29, 0.717) is 17.8 Å². The van der Waals surface area contributed by atoms with Crippen LogP contribution >= 0.6 is 0 Å². The summed E-state index contributed by atoms with van der Waals surface area (Å²) in [4.78, 5) is 13.7. The number of carbonyl (C=O) groups is 1.